The Labute approximate surface area is 97.8 Å². The third-order valence-electron chi connectivity index (χ3n) is 2.23. The SMILES string of the molecule is COc1cccc(CNCC(F)(F)CO)c1O. The summed E-state index contributed by atoms with van der Waals surface area (Å²) in [5.74, 6) is -2.94. The van der Waals surface area contributed by atoms with E-state index in [-0.39, 0.29) is 12.3 Å². The van der Waals surface area contributed by atoms with Crippen molar-refractivity contribution < 1.29 is 23.7 Å². The predicted molar refractivity (Wildman–Crippen MR) is 58.4 cm³/mol. The lowest BCUT2D eigenvalue weighted by atomic mass is 10.2. The molecule has 1 aromatic rings. The summed E-state index contributed by atoms with van der Waals surface area (Å²) in [5.41, 5.74) is 0.457. The van der Waals surface area contributed by atoms with E-state index in [4.69, 9.17) is 9.84 Å². The number of aromatic hydroxyl groups is 1. The number of aliphatic hydroxyl groups excluding tert-OH is 1. The molecule has 0 bridgehead atoms. The second-order valence-corrected chi connectivity index (χ2v) is 3.59. The molecule has 6 heteroatoms. The van der Waals surface area contributed by atoms with E-state index >= 15 is 0 Å². The second-order valence-electron chi connectivity index (χ2n) is 3.59. The van der Waals surface area contributed by atoms with E-state index in [1.54, 1.807) is 18.2 Å². The molecule has 1 aromatic carbocycles. The topological polar surface area (TPSA) is 61.7 Å². The van der Waals surface area contributed by atoms with Crippen molar-refractivity contribution in [3.63, 3.8) is 0 Å². The highest BCUT2D eigenvalue weighted by Crippen LogP contribution is 2.29. The Morgan fingerprint density at radius 2 is 2.12 bits per heavy atom. The molecule has 17 heavy (non-hydrogen) atoms. The molecule has 0 unspecified atom stereocenters. The van der Waals surface area contributed by atoms with E-state index in [2.05, 4.69) is 5.32 Å². The minimum atomic E-state index is -3.16. The molecule has 4 nitrogen and oxygen atoms in total. The van der Waals surface area contributed by atoms with Crippen molar-refractivity contribution in [1.82, 2.24) is 5.32 Å². The number of aliphatic hydroxyl groups is 1. The Hall–Kier alpha value is -1.40. The van der Waals surface area contributed by atoms with Gasteiger partial charge >= 0.3 is 0 Å². The van der Waals surface area contributed by atoms with Gasteiger partial charge in [0.1, 0.15) is 6.61 Å². The van der Waals surface area contributed by atoms with Gasteiger partial charge in [0, 0.05) is 12.1 Å². The molecule has 0 heterocycles. The van der Waals surface area contributed by atoms with Crippen LogP contribution in [-0.4, -0.2) is 36.4 Å². The van der Waals surface area contributed by atoms with E-state index in [0.29, 0.717) is 11.3 Å². The van der Waals surface area contributed by atoms with E-state index < -0.39 is 19.1 Å². The van der Waals surface area contributed by atoms with Crippen LogP contribution in [0.5, 0.6) is 11.5 Å². The summed E-state index contributed by atoms with van der Waals surface area (Å²) in [6, 6.07) is 4.82. The number of phenolic OH excluding ortho intramolecular Hbond substituents is 1. The van der Waals surface area contributed by atoms with Crippen molar-refractivity contribution in [2.45, 2.75) is 12.5 Å². The molecule has 0 aliphatic heterocycles. The molecule has 0 atom stereocenters. The number of halogens is 2. The molecular weight excluding hydrogens is 232 g/mol. The molecule has 0 spiro atoms. The monoisotopic (exact) mass is 247 g/mol. The van der Waals surface area contributed by atoms with Crippen LogP contribution in [0.3, 0.4) is 0 Å². The molecular formula is C11H15F2NO3. The van der Waals surface area contributed by atoms with Gasteiger partial charge in [-0.3, -0.25) is 0 Å². The first-order valence-electron chi connectivity index (χ1n) is 5.04. The maximum Gasteiger partial charge on any atom is 0.282 e. The summed E-state index contributed by atoms with van der Waals surface area (Å²) in [7, 11) is 1.41. The summed E-state index contributed by atoms with van der Waals surface area (Å²) >= 11 is 0. The van der Waals surface area contributed by atoms with Crippen molar-refractivity contribution in [3.8, 4) is 11.5 Å². The van der Waals surface area contributed by atoms with Gasteiger partial charge in [-0.25, -0.2) is 8.78 Å². The zero-order valence-electron chi connectivity index (χ0n) is 9.41. The van der Waals surface area contributed by atoms with Crippen molar-refractivity contribution in [3.05, 3.63) is 23.8 Å². The molecule has 1 rings (SSSR count). The van der Waals surface area contributed by atoms with Gasteiger partial charge < -0.3 is 20.3 Å². The smallest absolute Gasteiger partial charge is 0.282 e. The van der Waals surface area contributed by atoms with Crippen molar-refractivity contribution in [2.75, 3.05) is 20.3 Å². The summed E-state index contributed by atoms with van der Waals surface area (Å²) in [6.45, 7) is -1.79. The molecule has 0 aromatic heterocycles. The molecule has 0 saturated heterocycles. The normalized spacial score (nSPS) is 11.5. The van der Waals surface area contributed by atoms with Crippen LogP contribution in [0.4, 0.5) is 8.78 Å². The molecule has 0 aliphatic rings. The largest absolute Gasteiger partial charge is 0.504 e. The molecule has 96 valence electrons. The van der Waals surface area contributed by atoms with Gasteiger partial charge in [-0.15, -0.1) is 0 Å². The van der Waals surface area contributed by atoms with Crippen LogP contribution in [0.1, 0.15) is 5.56 Å². The van der Waals surface area contributed by atoms with Crippen molar-refractivity contribution in [1.29, 1.82) is 0 Å². The van der Waals surface area contributed by atoms with Crippen LogP contribution >= 0.6 is 0 Å². The fourth-order valence-corrected chi connectivity index (χ4v) is 1.31. The summed E-state index contributed by atoms with van der Waals surface area (Å²) in [4.78, 5) is 0. The average Bonchev–Trinajstić information content (AvgIpc) is 2.31. The number of phenols is 1. The number of ether oxygens (including phenoxy) is 1. The lowest BCUT2D eigenvalue weighted by Gasteiger charge is -2.14. The van der Waals surface area contributed by atoms with Crippen LogP contribution in [0, 0.1) is 0 Å². The van der Waals surface area contributed by atoms with Crippen molar-refractivity contribution in [2.24, 2.45) is 0 Å². The van der Waals surface area contributed by atoms with E-state index in [9.17, 15) is 13.9 Å². The van der Waals surface area contributed by atoms with Gasteiger partial charge in [-0.05, 0) is 6.07 Å². The maximum atomic E-state index is 12.7. The van der Waals surface area contributed by atoms with Gasteiger partial charge in [0.15, 0.2) is 11.5 Å². The lowest BCUT2D eigenvalue weighted by Crippen LogP contribution is -2.35. The highest BCUT2D eigenvalue weighted by atomic mass is 19.3. The lowest BCUT2D eigenvalue weighted by molar-refractivity contribution is -0.0478. The Morgan fingerprint density at radius 1 is 1.41 bits per heavy atom. The first kappa shape index (κ1) is 13.7. The second kappa shape index (κ2) is 5.79. The third kappa shape index (κ3) is 3.83. The van der Waals surface area contributed by atoms with Gasteiger partial charge in [-0.2, -0.15) is 0 Å². The number of hydrogen-bond acceptors (Lipinski definition) is 4. The quantitative estimate of drug-likeness (QED) is 0.705. The van der Waals surface area contributed by atoms with Gasteiger partial charge in [-0.1, -0.05) is 12.1 Å². The standard InChI is InChI=1S/C11H15F2NO3/c1-17-9-4-2-3-8(10(9)16)5-14-6-11(12,13)7-15/h2-4,14-16H,5-7H2,1H3. The minimum Gasteiger partial charge on any atom is -0.504 e. The Morgan fingerprint density at radius 3 is 2.71 bits per heavy atom. The van der Waals surface area contributed by atoms with Gasteiger partial charge in [0.25, 0.3) is 5.92 Å². The van der Waals surface area contributed by atoms with Crippen LogP contribution in [0.2, 0.25) is 0 Å². The molecule has 0 saturated carbocycles. The Balaban J connectivity index is 2.58. The van der Waals surface area contributed by atoms with Crippen LogP contribution in [0.15, 0.2) is 18.2 Å². The molecule has 3 N–H and O–H groups in total. The first-order valence-corrected chi connectivity index (χ1v) is 5.04. The van der Waals surface area contributed by atoms with Crippen LogP contribution < -0.4 is 10.1 Å². The Bertz CT molecular complexity index is 372. The van der Waals surface area contributed by atoms with E-state index in [1.807, 2.05) is 0 Å². The zero-order chi connectivity index (χ0) is 12.9. The number of para-hydroxylation sites is 1. The summed E-state index contributed by atoms with van der Waals surface area (Å²) < 4.78 is 30.3. The maximum absolute atomic E-state index is 12.7. The van der Waals surface area contributed by atoms with Gasteiger partial charge in [0.05, 0.1) is 13.7 Å². The molecule has 0 radical (unpaired) electrons. The minimum absolute atomic E-state index is 0.0681. The van der Waals surface area contributed by atoms with Crippen LogP contribution in [-0.2, 0) is 6.54 Å². The highest BCUT2D eigenvalue weighted by Gasteiger charge is 2.26. The number of benzene rings is 1. The highest BCUT2D eigenvalue weighted by molar-refractivity contribution is 5.45. The molecule has 0 amide bonds. The van der Waals surface area contributed by atoms with Crippen molar-refractivity contribution >= 4 is 0 Å². The average molecular weight is 247 g/mol. The number of alkyl halides is 2. The fourth-order valence-electron chi connectivity index (χ4n) is 1.31. The third-order valence-corrected chi connectivity index (χ3v) is 2.23. The fraction of sp³-hybridized carbons (Fsp3) is 0.455. The first-order chi connectivity index (χ1) is 8.00. The van der Waals surface area contributed by atoms with Crippen LogP contribution in [0.25, 0.3) is 0 Å². The summed E-state index contributed by atoms with van der Waals surface area (Å²) in [5, 5.41) is 20.5. The number of rotatable bonds is 6. The van der Waals surface area contributed by atoms with E-state index in [0.717, 1.165) is 0 Å². The van der Waals surface area contributed by atoms with Gasteiger partial charge in [0.2, 0.25) is 0 Å². The zero-order valence-corrected chi connectivity index (χ0v) is 9.41. The summed E-state index contributed by atoms with van der Waals surface area (Å²) in [6.07, 6.45) is 0. The number of methoxy groups -OCH3 is 1. The van der Waals surface area contributed by atoms with E-state index in [1.165, 1.54) is 7.11 Å². The molecule has 0 fully saturated rings. The number of nitrogens with one attached hydrogen (secondary N) is 1. The molecule has 0 aliphatic carbocycles. The number of hydrogen-bond donors (Lipinski definition) is 3. The predicted octanol–water partition coefficient (Wildman–Crippen LogP) is 1.12. The Kier molecular flexibility index (Phi) is 4.65.